The Labute approximate surface area is 109 Å². The average molecular weight is 362 g/mol. The van der Waals surface area contributed by atoms with Gasteiger partial charge in [0.25, 0.3) is 0 Å². The average Bonchev–Trinajstić information content (AvgIpc) is 2.97. The second-order valence-corrected chi connectivity index (χ2v) is 8.40. The van der Waals surface area contributed by atoms with Crippen LogP contribution in [0, 0.1) is 5.92 Å². The standard InChI is InChI=1S/C8H7F12P/c9-5(10,11)7(15,16)21(19,20,3-4-1-2-4)8(17,18)6(12,13)14/h4H,1-3H2. The molecule has 1 rings (SSSR count). The van der Waals surface area contributed by atoms with Gasteiger partial charge in [-0.25, -0.2) is 0 Å². The Morgan fingerprint density at radius 2 is 0.952 bits per heavy atom. The van der Waals surface area contributed by atoms with Crippen LogP contribution < -0.4 is 0 Å². The second kappa shape index (κ2) is 4.32. The molecule has 0 atom stereocenters. The van der Waals surface area contributed by atoms with E-state index in [9.17, 15) is 52.3 Å². The Bertz CT molecular complexity index is 384. The molecule has 0 spiro atoms. The third-order valence-electron chi connectivity index (χ3n) is 3.06. The van der Waals surface area contributed by atoms with E-state index in [0.717, 1.165) is 0 Å². The van der Waals surface area contributed by atoms with Gasteiger partial charge in [-0.2, -0.15) is 0 Å². The molecule has 1 aliphatic carbocycles. The second-order valence-electron chi connectivity index (χ2n) is 4.77. The summed E-state index contributed by atoms with van der Waals surface area (Å²) in [5, 5.41) is 0. The minimum absolute atomic E-state index is 0.409. The van der Waals surface area contributed by atoms with Crippen LogP contribution in [0.4, 0.5) is 52.3 Å². The predicted octanol–water partition coefficient (Wildman–Crippen LogP) is 6.03. The third-order valence-corrected chi connectivity index (χ3v) is 6.93. The molecule has 128 valence electrons. The van der Waals surface area contributed by atoms with Crippen molar-refractivity contribution in [1.29, 1.82) is 0 Å². The molecule has 0 nitrogen and oxygen atoms in total. The molecule has 0 aromatic carbocycles. The van der Waals surface area contributed by atoms with Crippen molar-refractivity contribution < 1.29 is 52.3 Å². The summed E-state index contributed by atoms with van der Waals surface area (Å²) in [4.78, 5) is 0. The fourth-order valence-corrected chi connectivity index (χ4v) is 4.74. The Kier molecular flexibility index (Phi) is 3.83. The molecule has 0 saturated heterocycles. The molecular formula is C8H7F12P. The Balaban J connectivity index is 3.59. The molecule has 0 amide bonds. The molecule has 0 N–H and O–H groups in total. The summed E-state index contributed by atoms with van der Waals surface area (Å²) >= 11 is 0. The summed E-state index contributed by atoms with van der Waals surface area (Å²) in [6.07, 6.45) is -18.1. The molecule has 13 heteroatoms. The Morgan fingerprint density at radius 3 is 1.14 bits per heavy atom. The van der Waals surface area contributed by atoms with Crippen LogP contribution in [0.2, 0.25) is 0 Å². The first-order valence-electron chi connectivity index (χ1n) is 5.22. The third kappa shape index (κ3) is 2.37. The fraction of sp³-hybridized carbons (Fsp3) is 1.00. The minimum atomic E-state index is -9.90. The molecule has 0 radical (unpaired) electrons. The zero-order chi connectivity index (χ0) is 17.1. The Morgan fingerprint density at radius 1 is 0.667 bits per heavy atom. The summed E-state index contributed by atoms with van der Waals surface area (Å²) in [7, 11) is -9.90. The van der Waals surface area contributed by atoms with E-state index in [-0.39, 0.29) is 0 Å². The van der Waals surface area contributed by atoms with Gasteiger partial charge in [-0.15, -0.1) is 0 Å². The number of alkyl halides is 10. The molecule has 1 fully saturated rings. The van der Waals surface area contributed by atoms with Crippen molar-refractivity contribution in [3.63, 3.8) is 0 Å². The van der Waals surface area contributed by atoms with Crippen LogP contribution in [-0.4, -0.2) is 29.8 Å². The maximum atomic E-state index is 13.8. The van der Waals surface area contributed by atoms with Gasteiger partial charge in [-0.3, -0.25) is 0 Å². The van der Waals surface area contributed by atoms with E-state index in [1.54, 1.807) is 0 Å². The summed E-state index contributed by atoms with van der Waals surface area (Å²) in [6.45, 7) is 0. The van der Waals surface area contributed by atoms with Crippen LogP contribution in [0.1, 0.15) is 12.8 Å². The molecule has 1 aliphatic rings. The van der Waals surface area contributed by atoms with Crippen LogP contribution in [0.25, 0.3) is 0 Å². The van der Waals surface area contributed by atoms with Gasteiger partial charge in [0.15, 0.2) is 0 Å². The SMILES string of the molecule is FC(F)(F)C(F)(F)P(F)(F)(CC1CC1)C(F)(F)C(F)(F)F. The van der Waals surface area contributed by atoms with Crippen LogP contribution >= 0.6 is 7.22 Å². The van der Waals surface area contributed by atoms with Crippen LogP contribution in [0.3, 0.4) is 0 Å². The number of rotatable bonds is 4. The van der Waals surface area contributed by atoms with Crippen molar-refractivity contribution in [3.8, 4) is 0 Å². The summed E-state index contributed by atoms with van der Waals surface area (Å²) in [5.74, 6) is -1.71. The first-order chi connectivity index (χ1) is 8.88. The molecule has 0 aliphatic heterocycles. The van der Waals surface area contributed by atoms with Crippen molar-refractivity contribution in [2.75, 3.05) is 6.16 Å². The molecule has 1 saturated carbocycles. The van der Waals surface area contributed by atoms with E-state index in [0.29, 0.717) is 0 Å². The van der Waals surface area contributed by atoms with Gasteiger partial charge in [0, 0.05) is 0 Å². The zero-order valence-corrected chi connectivity index (χ0v) is 10.6. The van der Waals surface area contributed by atoms with Crippen LogP contribution in [0.15, 0.2) is 0 Å². The van der Waals surface area contributed by atoms with Crippen LogP contribution in [0.5, 0.6) is 0 Å². The summed E-state index contributed by atoms with van der Waals surface area (Å²) < 4.78 is 152. The van der Waals surface area contributed by atoms with E-state index in [1.807, 2.05) is 0 Å². The monoisotopic (exact) mass is 362 g/mol. The van der Waals surface area contributed by atoms with Gasteiger partial charge < -0.3 is 0 Å². The van der Waals surface area contributed by atoms with Crippen molar-refractivity contribution in [2.24, 2.45) is 5.92 Å². The first-order valence-corrected chi connectivity index (χ1v) is 7.42. The van der Waals surface area contributed by atoms with Gasteiger partial charge in [0.1, 0.15) is 0 Å². The van der Waals surface area contributed by atoms with Crippen LogP contribution in [-0.2, 0) is 0 Å². The van der Waals surface area contributed by atoms with Gasteiger partial charge in [0.2, 0.25) is 0 Å². The molecule has 0 heterocycles. The zero-order valence-electron chi connectivity index (χ0n) is 9.68. The van der Waals surface area contributed by atoms with Gasteiger partial charge in [0.05, 0.1) is 0 Å². The van der Waals surface area contributed by atoms with Gasteiger partial charge >= 0.3 is 108 Å². The van der Waals surface area contributed by atoms with Crippen molar-refractivity contribution in [3.05, 3.63) is 0 Å². The molecule has 0 aromatic rings. The normalized spacial score (nSPS) is 21.0. The van der Waals surface area contributed by atoms with Gasteiger partial charge in [-0.05, 0) is 0 Å². The Hall–Kier alpha value is -0.410. The van der Waals surface area contributed by atoms with E-state index in [1.165, 1.54) is 0 Å². The molecule has 0 bridgehead atoms. The predicted molar refractivity (Wildman–Crippen MR) is 48.7 cm³/mol. The van der Waals surface area contributed by atoms with E-state index < -0.39 is 55.8 Å². The number of halogens is 12. The molecule has 21 heavy (non-hydrogen) atoms. The maximum absolute atomic E-state index is 13.8. The van der Waals surface area contributed by atoms with E-state index >= 15 is 0 Å². The number of hydrogen-bond acceptors (Lipinski definition) is 0. The summed E-state index contributed by atoms with van der Waals surface area (Å²) in [5.41, 5.74) is -14.9. The quantitative estimate of drug-likeness (QED) is 0.423. The first kappa shape index (κ1) is 18.6. The molecule has 0 unspecified atom stereocenters. The van der Waals surface area contributed by atoms with E-state index in [4.69, 9.17) is 0 Å². The van der Waals surface area contributed by atoms with E-state index in [2.05, 4.69) is 0 Å². The fourth-order valence-electron chi connectivity index (χ4n) is 1.66. The molecular weight excluding hydrogens is 355 g/mol. The topological polar surface area (TPSA) is 0 Å². The van der Waals surface area contributed by atoms with Crippen molar-refractivity contribution in [1.82, 2.24) is 0 Å². The van der Waals surface area contributed by atoms with Crippen molar-refractivity contribution in [2.45, 2.75) is 36.5 Å². The van der Waals surface area contributed by atoms with Gasteiger partial charge in [-0.1, -0.05) is 0 Å². The number of hydrogen-bond donors (Lipinski definition) is 0. The van der Waals surface area contributed by atoms with Crippen molar-refractivity contribution >= 4 is 7.22 Å². The summed E-state index contributed by atoms with van der Waals surface area (Å²) in [6, 6.07) is 0. The molecule has 0 aromatic heterocycles.